The first-order valence-electron chi connectivity index (χ1n) is 7.79. The number of benzene rings is 1. The van der Waals surface area contributed by atoms with Crippen molar-refractivity contribution in [2.24, 2.45) is 0 Å². The Kier molecular flexibility index (Phi) is 4.68. The van der Waals surface area contributed by atoms with E-state index in [0.29, 0.717) is 28.8 Å². The molecule has 1 N–H and O–H groups in total. The standard InChI is InChI=1S/C17H18FNO4S2/c1-3-6-24-17-15-12(8-11(18)9-13(15)25(2,22)23)19-5-4-10(16(17)19)7-14(20)21/h3,6,8-10H,4-5,7H2,1-2H3,(H,20,21)/b6-3+. The number of hydrogen-bond acceptors (Lipinski definition) is 4. The van der Waals surface area contributed by atoms with Crippen molar-refractivity contribution in [1.29, 1.82) is 0 Å². The van der Waals surface area contributed by atoms with Gasteiger partial charge < -0.3 is 9.67 Å². The second-order valence-electron chi connectivity index (χ2n) is 6.11. The smallest absolute Gasteiger partial charge is 0.304 e. The minimum absolute atomic E-state index is 0.0313. The van der Waals surface area contributed by atoms with Gasteiger partial charge in [0.25, 0.3) is 0 Å². The molecule has 0 fully saturated rings. The first-order valence-corrected chi connectivity index (χ1v) is 10.6. The maximum Gasteiger partial charge on any atom is 0.304 e. The van der Waals surface area contributed by atoms with Crippen LogP contribution < -0.4 is 0 Å². The van der Waals surface area contributed by atoms with Crippen molar-refractivity contribution >= 4 is 38.5 Å². The Morgan fingerprint density at radius 1 is 1.48 bits per heavy atom. The minimum Gasteiger partial charge on any atom is -0.481 e. The van der Waals surface area contributed by atoms with E-state index in [4.69, 9.17) is 0 Å². The average molecular weight is 383 g/mol. The van der Waals surface area contributed by atoms with Crippen molar-refractivity contribution in [1.82, 2.24) is 4.57 Å². The lowest BCUT2D eigenvalue weighted by Crippen LogP contribution is -2.04. The van der Waals surface area contributed by atoms with Gasteiger partial charge in [0.2, 0.25) is 0 Å². The molecule has 0 amide bonds. The van der Waals surface area contributed by atoms with E-state index in [1.54, 1.807) is 0 Å². The van der Waals surface area contributed by atoms with Crippen LogP contribution in [0.15, 0.2) is 33.4 Å². The number of halogens is 1. The summed E-state index contributed by atoms with van der Waals surface area (Å²) in [4.78, 5) is 11.9. The third kappa shape index (κ3) is 3.20. The molecule has 1 aromatic heterocycles. The van der Waals surface area contributed by atoms with E-state index in [2.05, 4.69) is 0 Å². The normalized spacial score (nSPS) is 17.5. The number of carbonyl (C=O) groups is 1. The summed E-state index contributed by atoms with van der Waals surface area (Å²) in [5.41, 5.74) is 1.30. The van der Waals surface area contributed by atoms with Crippen LogP contribution in [0, 0.1) is 5.82 Å². The van der Waals surface area contributed by atoms with Gasteiger partial charge in [-0.2, -0.15) is 0 Å². The molecule has 2 aromatic rings. The van der Waals surface area contributed by atoms with E-state index < -0.39 is 21.6 Å². The summed E-state index contributed by atoms with van der Waals surface area (Å²) in [5, 5.41) is 11.5. The fourth-order valence-corrected chi connectivity index (χ4v) is 5.39. The van der Waals surface area contributed by atoms with Crippen molar-refractivity contribution < 1.29 is 22.7 Å². The highest BCUT2D eigenvalue weighted by molar-refractivity contribution is 8.02. The highest BCUT2D eigenvalue weighted by Gasteiger charge is 2.33. The van der Waals surface area contributed by atoms with Crippen LogP contribution in [0.25, 0.3) is 10.9 Å². The van der Waals surface area contributed by atoms with Gasteiger partial charge in [-0.05, 0) is 30.9 Å². The summed E-state index contributed by atoms with van der Waals surface area (Å²) < 4.78 is 40.4. The predicted molar refractivity (Wildman–Crippen MR) is 95.3 cm³/mol. The number of aryl methyl sites for hydroxylation is 1. The third-order valence-corrected chi connectivity index (χ3v) is 6.50. The van der Waals surface area contributed by atoms with Gasteiger partial charge in [-0.3, -0.25) is 4.79 Å². The Morgan fingerprint density at radius 2 is 2.20 bits per heavy atom. The van der Waals surface area contributed by atoms with E-state index in [9.17, 15) is 22.7 Å². The topological polar surface area (TPSA) is 76.4 Å². The fraction of sp³-hybridized carbons (Fsp3) is 0.353. The van der Waals surface area contributed by atoms with Crippen molar-refractivity contribution in [3.63, 3.8) is 0 Å². The van der Waals surface area contributed by atoms with E-state index >= 15 is 0 Å². The van der Waals surface area contributed by atoms with E-state index in [1.165, 1.54) is 17.8 Å². The molecule has 5 nitrogen and oxygen atoms in total. The average Bonchev–Trinajstić information content (AvgIpc) is 3.02. The Bertz CT molecular complexity index is 992. The van der Waals surface area contributed by atoms with Gasteiger partial charge in [0.1, 0.15) is 5.82 Å². The van der Waals surface area contributed by atoms with Gasteiger partial charge in [-0.1, -0.05) is 17.8 Å². The molecule has 1 atom stereocenters. The lowest BCUT2D eigenvalue weighted by Gasteiger charge is -2.09. The number of fused-ring (bicyclic) bond motifs is 3. The number of sulfone groups is 1. The van der Waals surface area contributed by atoms with Gasteiger partial charge in [0, 0.05) is 34.7 Å². The zero-order valence-electron chi connectivity index (χ0n) is 13.8. The molecule has 134 valence electrons. The number of aliphatic carboxylic acids is 1. The molecule has 0 bridgehead atoms. The summed E-state index contributed by atoms with van der Waals surface area (Å²) in [7, 11) is -3.63. The quantitative estimate of drug-likeness (QED) is 0.796. The van der Waals surface area contributed by atoms with Gasteiger partial charge in [-0.15, -0.1) is 0 Å². The van der Waals surface area contributed by atoms with Crippen LogP contribution in [0.1, 0.15) is 31.4 Å². The van der Waals surface area contributed by atoms with Crippen LogP contribution in [0.2, 0.25) is 0 Å². The molecule has 1 aliphatic rings. The van der Waals surface area contributed by atoms with Crippen LogP contribution in [0.4, 0.5) is 4.39 Å². The SMILES string of the molecule is C/C=C/Sc1c2n(c3cc(F)cc(S(C)(=O)=O)c13)CCC2CC(=O)O. The maximum atomic E-state index is 14.1. The number of rotatable bonds is 5. The molecule has 1 unspecified atom stereocenters. The van der Waals surface area contributed by atoms with Gasteiger partial charge in [0.15, 0.2) is 9.84 Å². The van der Waals surface area contributed by atoms with Crippen molar-refractivity contribution in [3.05, 3.63) is 35.1 Å². The van der Waals surface area contributed by atoms with Crippen molar-refractivity contribution in [3.8, 4) is 0 Å². The van der Waals surface area contributed by atoms with Crippen molar-refractivity contribution in [2.45, 2.75) is 42.0 Å². The monoisotopic (exact) mass is 383 g/mol. The molecular weight excluding hydrogens is 365 g/mol. The second-order valence-corrected chi connectivity index (χ2v) is 9.01. The molecule has 3 rings (SSSR count). The summed E-state index contributed by atoms with van der Waals surface area (Å²) >= 11 is 1.35. The largest absolute Gasteiger partial charge is 0.481 e. The number of aromatic nitrogens is 1. The minimum atomic E-state index is -3.63. The number of allylic oxidation sites excluding steroid dienone is 1. The Morgan fingerprint density at radius 3 is 2.80 bits per heavy atom. The molecule has 25 heavy (non-hydrogen) atoms. The molecule has 0 aliphatic carbocycles. The van der Waals surface area contributed by atoms with Crippen LogP contribution in [-0.4, -0.2) is 30.3 Å². The molecule has 2 heterocycles. The number of carboxylic acids is 1. The molecule has 0 saturated carbocycles. The molecule has 0 spiro atoms. The van der Waals surface area contributed by atoms with E-state index in [-0.39, 0.29) is 17.2 Å². The molecule has 0 radical (unpaired) electrons. The second kappa shape index (κ2) is 6.49. The summed E-state index contributed by atoms with van der Waals surface area (Å²) in [6, 6.07) is 2.37. The summed E-state index contributed by atoms with van der Waals surface area (Å²) in [6.07, 6.45) is 3.50. The van der Waals surface area contributed by atoms with Crippen LogP contribution in [0.3, 0.4) is 0 Å². The van der Waals surface area contributed by atoms with E-state index in [1.807, 2.05) is 23.0 Å². The van der Waals surface area contributed by atoms with Crippen LogP contribution in [0.5, 0.6) is 0 Å². The fourth-order valence-electron chi connectivity index (χ4n) is 3.42. The van der Waals surface area contributed by atoms with Gasteiger partial charge >= 0.3 is 5.97 Å². The predicted octanol–water partition coefficient (Wildman–Crippen LogP) is 3.77. The molecular formula is C17H18FNO4S2. The number of carboxylic acid groups (broad SMARTS) is 1. The zero-order chi connectivity index (χ0) is 18.4. The van der Waals surface area contributed by atoms with Gasteiger partial charge in [0.05, 0.1) is 16.8 Å². The van der Waals surface area contributed by atoms with Crippen LogP contribution in [-0.2, 0) is 21.2 Å². The first-order chi connectivity index (χ1) is 11.7. The Labute approximate surface area is 149 Å². The Balaban J connectivity index is 2.38. The summed E-state index contributed by atoms with van der Waals surface area (Å²) in [5.74, 6) is -1.73. The number of nitrogens with zero attached hydrogens (tertiary/aromatic N) is 1. The molecule has 8 heteroatoms. The lowest BCUT2D eigenvalue weighted by atomic mass is 10.0. The summed E-state index contributed by atoms with van der Waals surface area (Å²) in [6.45, 7) is 2.39. The van der Waals surface area contributed by atoms with Crippen molar-refractivity contribution in [2.75, 3.05) is 6.26 Å². The number of hydrogen-bond donors (Lipinski definition) is 1. The Hall–Kier alpha value is -1.80. The lowest BCUT2D eigenvalue weighted by molar-refractivity contribution is -0.137. The van der Waals surface area contributed by atoms with Crippen LogP contribution >= 0.6 is 11.8 Å². The zero-order valence-corrected chi connectivity index (χ0v) is 15.5. The first kappa shape index (κ1) is 18.0. The molecule has 1 aromatic carbocycles. The highest BCUT2D eigenvalue weighted by Crippen LogP contribution is 2.47. The molecule has 1 aliphatic heterocycles. The maximum absolute atomic E-state index is 14.1. The van der Waals surface area contributed by atoms with Gasteiger partial charge in [-0.25, -0.2) is 12.8 Å². The van der Waals surface area contributed by atoms with E-state index in [0.717, 1.165) is 18.0 Å². The number of thioether (sulfide) groups is 1. The third-order valence-electron chi connectivity index (χ3n) is 4.32. The molecule has 0 saturated heterocycles. The highest BCUT2D eigenvalue weighted by atomic mass is 32.2.